The largest absolute Gasteiger partial charge is 0.507 e. The zero-order chi connectivity index (χ0) is 11.7. The zero-order valence-electron chi connectivity index (χ0n) is 8.93. The van der Waals surface area contributed by atoms with Crippen LogP contribution in [0.1, 0.15) is 13.8 Å². The predicted octanol–water partition coefficient (Wildman–Crippen LogP) is 2.90. The fourth-order valence-electron chi connectivity index (χ4n) is 0.837. The van der Waals surface area contributed by atoms with Gasteiger partial charge in [-0.3, -0.25) is 4.57 Å². The van der Waals surface area contributed by atoms with E-state index in [0.29, 0.717) is 17.7 Å². The molecule has 0 bridgehead atoms. The first-order valence-corrected chi connectivity index (χ1v) is 5.37. The van der Waals surface area contributed by atoms with Gasteiger partial charge in [0, 0.05) is 6.07 Å². The van der Waals surface area contributed by atoms with Crippen molar-refractivity contribution in [2.24, 2.45) is 0 Å². The van der Waals surface area contributed by atoms with Crippen LogP contribution in [0.15, 0.2) is 30.9 Å². The van der Waals surface area contributed by atoms with Crippen LogP contribution < -0.4 is 10.0 Å². The molecule has 0 fully saturated rings. The van der Waals surface area contributed by atoms with Crippen LogP contribution >= 0.6 is 8.46 Å². The number of allylic oxidation sites excluding steroid dienone is 1. The molecule has 0 radical (unpaired) electrons. The average molecular weight is 226 g/mol. The molecule has 0 aliphatic heterocycles. The van der Waals surface area contributed by atoms with Crippen LogP contribution in [-0.2, 0) is 4.57 Å². The summed E-state index contributed by atoms with van der Waals surface area (Å²) in [4.78, 5) is 0. The number of ether oxygens (including phenoxy) is 1. The fraction of sp³-hybridized carbons (Fsp3) is 0.273. The van der Waals surface area contributed by atoms with Gasteiger partial charge in [-0.15, -0.1) is 6.58 Å². The molecule has 15 heavy (non-hydrogen) atoms. The monoisotopic (exact) mass is 226 g/mol. The van der Waals surface area contributed by atoms with Crippen LogP contribution in [0.5, 0.6) is 11.5 Å². The highest BCUT2D eigenvalue weighted by molar-refractivity contribution is 7.34. The van der Waals surface area contributed by atoms with E-state index in [9.17, 15) is 9.67 Å². The van der Waals surface area contributed by atoms with Crippen LogP contribution in [0.4, 0.5) is 0 Å². The van der Waals surface area contributed by atoms with Crippen LogP contribution in [-0.4, -0.2) is 11.7 Å². The van der Waals surface area contributed by atoms with Gasteiger partial charge in [-0.05, 0) is 26.0 Å². The molecule has 0 atom stereocenters. The molecular weight excluding hydrogens is 211 g/mol. The van der Waals surface area contributed by atoms with E-state index in [1.54, 1.807) is 18.2 Å². The summed E-state index contributed by atoms with van der Waals surface area (Å²) in [6, 6.07) is 4.68. The summed E-state index contributed by atoms with van der Waals surface area (Å²) in [5, 5.41) is 9.60. The molecule has 0 aliphatic rings. The molecular formula is C11H15O3P. The van der Waals surface area contributed by atoms with Gasteiger partial charge in [0.1, 0.15) is 11.5 Å². The Hall–Kier alpha value is -1.34. The number of hydrogen-bond donors (Lipinski definition) is 1. The first kappa shape index (κ1) is 13.7. The summed E-state index contributed by atoms with van der Waals surface area (Å²) in [6.45, 7) is 7.66. The molecule has 4 heteroatoms. The Morgan fingerprint density at radius 2 is 2.20 bits per heavy atom. The number of rotatable bonds is 3. The minimum absolute atomic E-state index is 0.00221. The molecule has 0 aromatic heterocycles. The van der Waals surface area contributed by atoms with Crippen molar-refractivity contribution in [3.8, 4) is 11.5 Å². The Morgan fingerprint density at radius 1 is 1.60 bits per heavy atom. The van der Waals surface area contributed by atoms with Gasteiger partial charge < -0.3 is 9.84 Å². The molecule has 3 nitrogen and oxygen atoms in total. The van der Waals surface area contributed by atoms with Crippen molar-refractivity contribution in [3.05, 3.63) is 30.9 Å². The highest BCUT2D eigenvalue weighted by atomic mass is 31.1. The van der Waals surface area contributed by atoms with E-state index in [2.05, 4.69) is 6.58 Å². The van der Waals surface area contributed by atoms with E-state index in [4.69, 9.17) is 4.74 Å². The second kappa shape index (κ2) is 8.01. The molecule has 1 aromatic carbocycles. The van der Waals surface area contributed by atoms with Crippen LogP contribution in [0.3, 0.4) is 0 Å². The number of hydrogen-bond acceptors (Lipinski definition) is 3. The summed E-state index contributed by atoms with van der Waals surface area (Å²) in [5.74, 6) is 0.583. The fourth-order valence-corrected chi connectivity index (χ4v) is 1.13. The van der Waals surface area contributed by atoms with E-state index in [-0.39, 0.29) is 14.2 Å². The standard InChI is InChI=1S/C8H9O3P.C3H6/c1-2-11-6-3-4-8(12-10)7(9)5-6;1-3-2/h3-5,9H,2H2,1H3;3H,1H2,2H3. The molecule has 1 N–H and O–H groups in total. The van der Waals surface area contributed by atoms with Crippen LogP contribution in [0.2, 0.25) is 0 Å². The Labute approximate surface area is 91.6 Å². The molecule has 0 amide bonds. The second-order valence-electron chi connectivity index (χ2n) is 2.58. The lowest BCUT2D eigenvalue weighted by Crippen LogP contribution is -1.95. The summed E-state index contributed by atoms with van der Waals surface area (Å²) in [7, 11) is -0.181. The topological polar surface area (TPSA) is 46.5 Å². The van der Waals surface area contributed by atoms with Crippen molar-refractivity contribution in [1.82, 2.24) is 0 Å². The normalized spacial score (nSPS) is 8.93. The lowest BCUT2D eigenvalue weighted by atomic mass is 10.3. The molecule has 82 valence electrons. The molecule has 0 saturated carbocycles. The lowest BCUT2D eigenvalue weighted by Gasteiger charge is -2.03. The quantitative estimate of drug-likeness (QED) is 0.636. The van der Waals surface area contributed by atoms with Crippen molar-refractivity contribution >= 4 is 13.8 Å². The minimum Gasteiger partial charge on any atom is -0.507 e. The maximum atomic E-state index is 10.4. The van der Waals surface area contributed by atoms with Gasteiger partial charge in [-0.25, -0.2) is 0 Å². The van der Waals surface area contributed by atoms with Crippen molar-refractivity contribution in [2.45, 2.75) is 13.8 Å². The first-order chi connectivity index (χ1) is 7.19. The Bertz CT molecular complexity index is 324. The highest BCUT2D eigenvalue weighted by Gasteiger charge is 2.01. The van der Waals surface area contributed by atoms with Crippen molar-refractivity contribution < 1.29 is 14.4 Å². The molecule has 0 aliphatic carbocycles. The number of aromatic hydroxyl groups is 1. The molecule has 0 heterocycles. The average Bonchev–Trinajstić information content (AvgIpc) is 2.20. The molecule has 0 saturated heterocycles. The Morgan fingerprint density at radius 3 is 2.60 bits per heavy atom. The van der Waals surface area contributed by atoms with E-state index >= 15 is 0 Å². The van der Waals surface area contributed by atoms with Crippen molar-refractivity contribution in [3.63, 3.8) is 0 Å². The van der Waals surface area contributed by atoms with Gasteiger partial charge in [0.05, 0.1) is 11.9 Å². The molecule has 0 unspecified atom stereocenters. The number of benzene rings is 1. The van der Waals surface area contributed by atoms with Gasteiger partial charge in [0.15, 0.2) is 8.46 Å². The maximum absolute atomic E-state index is 10.4. The molecule has 1 rings (SSSR count). The summed E-state index contributed by atoms with van der Waals surface area (Å²) < 4.78 is 15.5. The molecule has 1 aromatic rings. The van der Waals surface area contributed by atoms with Crippen LogP contribution in [0, 0.1) is 0 Å². The third-order valence-electron chi connectivity index (χ3n) is 1.36. The Balaban J connectivity index is 0.000000583. The summed E-state index contributed by atoms with van der Waals surface area (Å²) >= 11 is 0. The van der Waals surface area contributed by atoms with Gasteiger partial charge in [0.25, 0.3) is 0 Å². The SMILES string of the molecule is C=CC.CCOc1ccc(P=O)c(O)c1. The van der Waals surface area contributed by atoms with Gasteiger partial charge in [-0.1, -0.05) is 6.08 Å². The van der Waals surface area contributed by atoms with E-state index in [1.165, 1.54) is 6.07 Å². The molecule has 0 spiro atoms. The second-order valence-corrected chi connectivity index (χ2v) is 3.25. The van der Waals surface area contributed by atoms with Crippen molar-refractivity contribution in [1.29, 1.82) is 0 Å². The van der Waals surface area contributed by atoms with Gasteiger partial charge in [0.2, 0.25) is 0 Å². The summed E-state index contributed by atoms with van der Waals surface area (Å²) in [6.07, 6.45) is 1.75. The van der Waals surface area contributed by atoms with Gasteiger partial charge in [-0.2, -0.15) is 0 Å². The van der Waals surface area contributed by atoms with E-state index < -0.39 is 0 Å². The smallest absolute Gasteiger partial charge is 0.196 e. The number of phenols is 1. The van der Waals surface area contributed by atoms with Crippen LogP contribution in [0.25, 0.3) is 0 Å². The van der Waals surface area contributed by atoms with E-state index in [0.717, 1.165) is 0 Å². The maximum Gasteiger partial charge on any atom is 0.196 e. The number of phenolic OH excluding ortho intramolecular Hbond substituents is 1. The summed E-state index contributed by atoms with van der Waals surface area (Å²) in [5.41, 5.74) is 0. The minimum atomic E-state index is -0.181. The first-order valence-electron chi connectivity index (χ1n) is 4.55. The third-order valence-corrected chi connectivity index (χ3v) is 1.93. The van der Waals surface area contributed by atoms with Gasteiger partial charge >= 0.3 is 0 Å². The Kier molecular flexibility index (Phi) is 7.29. The van der Waals surface area contributed by atoms with E-state index in [1.807, 2.05) is 13.8 Å². The zero-order valence-corrected chi connectivity index (χ0v) is 9.83. The highest BCUT2D eigenvalue weighted by Crippen LogP contribution is 2.19. The predicted molar refractivity (Wildman–Crippen MR) is 62.4 cm³/mol. The van der Waals surface area contributed by atoms with Crippen molar-refractivity contribution in [2.75, 3.05) is 6.61 Å². The lowest BCUT2D eigenvalue weighted by molar-refractivity contribution is 0.338. The third kappa shape index (κ3) is 5.18.